The number of hydrogen-bond acceptors (Lipinski definition) is 6. The highest BCUT2D eigenvalue weighted by Gasteiger charge is 2.28. The first-order valence-corrected chi connectivity index (χ1v) is 7.24. The van der Waals surface area contributed by atoms with E-state index in [1.165, 1.54) is 0 Å². The van der Waals surface area contributed by atoms with Crippen LogP contribution in [-0.4, -0.2) is 46.3 Å². The van der Waals surface area contributed by atoms with Gasteiger partial charge in [0.2, 0.25) is 0 Å². The van der Waals surface area contributed by atoms with E-state index in [1.807, 2.05) is 13.0 Å². The summed E-state index contributed by atoms with van der Waals surface area (Å²) in [5.41, 5.74) is 0.925. The summed E-state index contributed by atoms with van der Waals surface area (Å²) in [5.74, 6) is 1.12. The van der Waals surface area contributed by atoms with E-state index < -0.39 is 0 Å². The molecule has 0 unspecified atom stereocenters. The fraction of sp³-hybridized carbons (Fsp3) is 0.500. The van der Waals surface area contributed by atoms with Crippen LogP contribution in [0.5, 0.6) is 0 Å². The Kier molecular flexibility index (Phi) is 4.19. The lowest BCUT2D eigenvalue weighted by molar-refractivity contribution is -0.0838. The molecule has 1 aliphatic rings. The van der Waals surface area contributed by atoms with Crippen molar-refractivity contribution in [1.29, 1.82) is 0 Å². The predicted octanol–water partition coefficient (Wildman–Crippen LogP) is 2.10. The zero-order valence-corrected chi connectivity index (χ0v) is 12.7. The van der Waals surface area contributed by atoms with E-state index in [0.717, 1.165) is 18.7 Å². The maximum Gasteiger partial charge on any atom is 0.257 e. The molecular formula is C14H17ClN4O2. The number of nitrogens with zero attached hydrogens (tertiary/aromatic N) is 4. The Hall–Kier alpha value is -1.50. The third kappa shape index (κ3) is 3.40. The van der Waals surface area contributed by atoms with Crippen molar-refractivity contribution in [3.05, 3.63) is 40.8 Å². The first-order valence-electron chi connectivity index (χ1n) is 6.86. The number of rotatable bonds is 3. The SMILES string of the molecule is C[C@@H]1CN(C)C[C@H](c2nc(Cc3ccncc3Cl)no2)O1. The minimum atomic E-state index is -0.173. The van der Waals surface area contributed by atoms with Crippen LogP contribution in [0.4, 0.5) is 0 Å². The first kappa shape index (κ1) is 14.4. The molecule has 0 aliphatic carbocycles. The minimum Gasteiger partial charge on any atom is -0.363 e. The smallest absolute Gasteiger partial charge is 0.257 e. The molecule has 2 aromatic rings. The molecule has 3 rings (SSSR count). The van der Waals surface area contributed by atoms with Gasteiger partial charge < -0.3 is 14.2 Å². The van der Waals surface area contributed by atoms with Crippen LogP contribution in [0.1, 0.15) is 30.3 Å². The lowest BCUT2D eigenvalue weighted by Gasteiger charge is -2.32. The molecule has 1 fully saturated rings. The van der Waals surface area contributed by atoms with Gasteiger partial charge in [-0.3, -0.25) is 4.98 Å². The predicted molar refractivity (Wildman–Crippen MR) is 77.1 cm³/mol. The second-order valence-corrected chi connectivity index (χ2v) is 5.76. The van der Waals surface area contributed by atoms with Crippen LogP contribution in [0.3, 0.4) is 0 Å². The number of aromatic nitrogens is 3. The number of pyridine rings is 1. The lowest BCUT2D eigenvalue weighted by Crippen LogP contribution is -2.40. The number of morpholine rings is 1. The highest BCUT2D eigenvalue weighted by atomic mass is 35.5. The molecule has 0 radical (unpaired) electrons. The molecule has 1 saturated heterocycles. The molecule has 2 aromatic heterocycles. The fourth-order valence-electron chi connectivity index (χ4n) is 2.49. The van der Waals surface area contributed by atoms with Gasteiger partial charge in [-0.25, -0.2) is 0 Å². The fourth-order valence-corrected chi connectivity index (χ4v) is 2.67. The van der Waals surface area contributed by atoms with Gasteiger partial charge in [-0.15, -0.1) is 0 Å². The molecule has 112 valence electrons. The molecule has 0 bridgehead atoms. The van der Waals surface area contributed by atoms with Gasteiger partial charge in [0.25, 0.3) is 5.89 Å². The lowest BCUT2D eigenvalue weighted by atomic mass is 10.2. The molecule has 21 heavy (non-hydrogen) atoms. The van der Waals surface area contributed by atoms with Gasteiger partial charge in [0.15, 0.2) is 5.82 Å². The van der Waals surface area contributed by atoms with E-state index in [9.17, 15) is 0 Å². The third-order valence-corrected chi connectivity index (χ3v) is 3.75. The molecule has 3 heterocycles. The standard InChI is InChI=1S/C14H17ClN4O2/c1-9-7-19(2)8-12(20-9)14-17-13(18-21-14)5-10-3-4-16-6-11(10)15/h3-4,6,9,12H,5,7-8H2,1-2H3/t9-,12-/m1/s1. The van der Waals surface area contributed by atoms with E-state index in [-0.39, 0.29) is 12.2 Å². The summed E-state index contributed by atoms with van der Waals surface area (Å²) in [7, 11) is 2.06. The summed E-state index contributed by atoms with van der Waals surface area (Å²) in [6.07, 6.45) is 3.80. The van der Waals surface area contributed by atoms with Crippen molar-refractivity contribution >= 4 is 11.6 Å². The van der Waals surface area contributed by atoms with Crippen LogP contribution in [0.2, 0.25) is 5.02 Å². The molecule has 7 heteroatoms. The third-order valence-electron chi connectivity index (χ3n) is 3.41. The highest BCUT2D eigenvalue weighted by Crippen LogP contribution is 2.24. The molecule has 0 aromatic carbocycles. The van der Waals surface area contributed by atoms with Crippen molar-refractivity contribution in [3.8, 4) is 0 Å². The van der Waals surface area contributed by atoms with Crippen LogP contribution in [0, 0.1) is 0 Å². The summed E-state index contributed by atoms with van der Waals surface area (Å²) in [6, 6.07) is 1.85. The summed E-state index contributed by atoms with van der Waals surface area (Å²) >= 11 is 6.09. The van der Waals surface area contributed by atoms with E-state index in [0.29, 0.717) is 23.2 Å². The Morgan fingerprint density at radius 2 is 2.29 bits per heavy atom. The number of likely N-dealkylation sites (N-methyl/N-ethyl adjacent to an activating group) is 1. The van der Waals surface area contributed by atoms with Gasteiger partial charge in [-0.05, 0) is 25.6 Å². The van der Waals surface area contributed by atoms with Crippen molar-refractivity contribution in [1.82, 2.24) is 20.0 Å². The van der Waals surface area contributed by atoms with Crippen molar-refractivity contribution in [2.45, 2.75) is 25.6 Å². The van der Waals surface area contributed by atoms with E-state index in [2.05, 4.69) is 27.1 Å². The van der Waals surface area contributed by atoms with Crippen LogP contribution in [0.25, 0.3) is 0 Å². The van der Waals surface area contributed by atoms with Crippen molar-refractivity contribution in [3.63, 3.8) is 0 Å². The molecule has 2 atom stereocenters. The monoisotopic (exact) mass is 308 g/mol. The van der Waals surface area contributed by atoms with E-state index >= 15 is 0 Å². The van der Waals surface area contributed by atoms with Crippen molar-refractivity contribution in [2.24, 2.45) is 0 Å². The topological polar surface area (TPSA) is 64.3 Å². The zero-order valence-electron chi connectivity index (χ0n) is 12.0. The Labute approximate surface area is 128 Å². The van der Waals surface area contributed by atoms with Gasteiger partial charge in [0, 0.05) is 31.9 Å². The van der Waals surface area contributed by atoms with Crippen LogP contribution in [0.15, 0.2) is 23.0 Å². The summed E-state index contributed by atoms with van der Waals surface area (Å²) in [5, 5.41) is 4.62. The van der Waals surface area contributed by atoms with E-state index in [4.69, 9.17) is 20.9 Å². The average Bonchev–Trinajstić information content (AvgIpc) is 2.89. The molecule has 0 spiro atoms. The normalized spacial score (nSPS) is 23.4. The Balaban J connectivity index is 1.73. The molecule has 0 N–H and O–H groups in total. The second kappa shape index (κ2) is 6.09. The van der Waals surface area contributed by atoms with Crippen LogP contribution in [-0.2, 0) is 11.2 Å². The summed E-state index contributed by atoms with van der Waals surface area (Å²) in [4.78, 5) is 10.6. The Bertz CT molecular complexity index is 609. The number of ether oxygens (including phenoxy) is 1. The molecule has 0 amide bonds. The minimum absolute atomic E-state index is 0.152. The largest absolute Gasteiger partial charge is 0.363 e. The second-order valence-electron chi connectivity index (χ2n) is 5.35. The Morgan fingerprint density at radius 3 is 3.05 bits per heavy atom. The van der Waals surface area contributed by atoms with Gasteiger partial charge in [-0.2, -0.15) is 4.98 Å². The maximum atomic E-state index is 6.09. The number of hydrogen-bond donors (Lipinski definition) is 0. The molecule has 6 nitrogen and oxygen atoms in total. The molecule has 0 saturated carbocycles. The quantitative estimate of drug-likeness (QED) is 0.865. The maximum absolute atomic E-state index is 6.09. The number of halogens is 1. The Morgan fingerprint density at radius 1 is 1.43 bits per heavy atom. The van der Waals surface area contributed by atoms with Gasteiger partial charge >= 0.3 is 0 Å². The van der Waals surface area contributed by atoms with Crippen LogP contribution >= 0.6 is 11.6 Å². The first-order chi connectivity index (χ1) is 10.1. The van der Waals surface area contributed by atoms with Crippen molar-refractivity contribution < 1.29 is 9.26 Å². The van der Waals surface area contributed by atoms with Gasteiger partial charge in [0.1, 0.15) is 6.10 Å². The molecular weight excluding hydrogens is 292 g/mol. The zero-order chi connectivity index (χ0) is 14.8. The molecule has 1 aliphatic heterocycles. The summed E-state index contributed by atoms with van der Waals surface area (Å²) < 4.78 is 11.2. The summed E-state index contributed by atoms with van der Waals surface area (Å²) in [6.45, 7) is 3.70. The van der Waals surface area contributed by atoms with Gasteiger partial charge in [0.05, 0.1) is 11.1 Å². The average molecular weight is 309 g/mol. The van der Waals surface area contributed by atoms with Gasteiger partial charge in [-0.1, -0.05) is 16.8 Å². The highest BCUT2D eigenvalue weighted by molar-refractivity contribution is 6.31. The van der Waals surface area contributed by atoms with E-state index in [1.54, 1.807) is 12.4 Å². The van der Waals surface area contributed by atoms with Crippen LogP contribution < -0.4 is 0 Å². The van der Waals surface area contributed by atoms with Crippen molar-refractivity contribution in [2.75, 3.05) is 20.1 Å².